The molecule has 7 nitrogen and oxygen atoms in total. The van der Waals surface area contributed by atoms with Gasteiger partial charge in [-0.2, -0.15) is 0 Å². The zero-order valence-corrected chi connectivity index (χ0v) is 15.1. The third-order valence-electron chi connectivity index (χ3n) is 4.30. The molecule has 25 heavy (non-hydrogen) atoms. The quantitative estimate of drug-likeness (QED) is 0.792. The highest BCUT2D eigenvalue weighted by atomic mass is 16.5. The maximum Gasteiger partial charge on any atom is 0.242 e. The lowest BCUT2D eigenvalue weighted by Crippen LogP contribution is -2.33. The van der Waals surface area contributed by atoms with E-state index in [1.54, 1.807) is 12.4 Å². The van der Waals surface area contributed by atoms with Gasteiger partial charge in [0.05, 0.1) is 12.2 Å². The van der Waals surface area contributed by atoms with Crippen molar-refractivity contribution in [2.45, 2.75) is 32.5 Å². The highest BCUT2D eigenvalue weighted by Crippen LogP contribution is 2.19. The molecule has 0 bridgehead atoms. The first-order valence-electron chi connectivity index (χ1n) is 8.53. The SMILES string of the molecule is Cc1nccn1CC(=O)N1CCC(Oc2ccnc(CN(C)C)c2)C1. The van der Waals surface area contributed by atoms with Crippen molar-refractivity contribution in [3.8, 4) is 5.75 Å². The predicted molar refractivity (Wildman–Crippen MR) is 94.2 cm³/mol. The van der Waals surface area contributed by atoms with Gasteiger partial charge in [-0.1, -0.05) is 0 Å². The Morgan fingerprint density at radius 3 is 2.92 bits per heavy atom. The van der Waals surface area contributed by atoms with E-state index < -0.39 is 0 Å². The van der Waals surface area contributed by atoms with Crippen LogP contribution in [0.2, 0.25) is 0 Å². The van der Waals surface area contributed by atoms with E-state index in [0.29, 0.717) is 13.1 Å². The van der Waals surface area contributed by atoms with E-state index in [2.05, 4.69) is 14.9 Å². The van der Waals surface area contributed by atoms with Gasteiger partial charge in [0.1, 0.15) is 24.2 Å². The largest absolute Gasteiger partial charge is 0.488 e. The molecule has 0 radical (unpaired) electrons. The first-order chi connectivity index (χ1) is 12.0. The number of likely N-dealkylation sites (tertiary alicyclic amines) is 1. The molecule has 2 aromatic heterocycles. The van der Waals surface area contributed by atoms with Crippen molar-refractivity contribution in [1.29, 1.82) is 0 Å². The number of ether oxygens (including phenoxy) is 1. The van der Waals surface area contributed by atoms with Crippen LogP contribution in [0.1, 0.15) is 17.9 Å². The predicted octanol–water partition coefficient (Wildman–Crippen LogP) is 1.33. The molecule has 3 rings (SSSR count). The van der Waals surface area contributed by atoms with Crippen molar-refractivity contribution in [1.82, 2.24) is 24.3 Å². The highest BCUT2D eigenvalue weighted by molar-refractivity contribution is 5.76. The number of aryl methyl sites for hydroxylation is 1. The minimum absolute atomic E-state index is 0.0300. The summed E-state index contributed by atoms with van der Waals surface area (Å²) in [4.78, 5) is 24.9. The lowest BCUT2D eigenvalue weighted by Gasteiger charge is -2.18. The Hall–Kier alpha value is -2.41. The Kier molecular flexibility index (Phi) is 5.33. The summed E-state index contributed by atoms with van der Waals surface area (Å²) < 4.78 is 7.93. The van der Waals surface area contributed by atoms with Gasteiger partial charge in [-0.3, -0.25) is 9.78 Å². The second kappa shape index (κ2) is 7.65. The molecule has 1 fully saturated rings. The molecule has 0 aromatic carbocycles. The Balaban J connectivity index is 1.54. The second-order valence-electron chi connectivity index (χ2n) is 6.69. The van der Waals surface area contributed by atoms with Gasteiger partial charge < -0.3 is 19.1 Å². The van der Waals surface area contributed by atoms with Crippen molar-refractivity contribution in [2.24, 2.45) is 0 Å². The fourth-order valence-electron chi connectivity index (χ4n) is 3.00. The van der Waals surface area contributed by atoms with Gasteiger partial charge in [-0.05, 0) is 27.1 Å². The van der Waals surface area contributed by atoms with E-state index in [9.17, 15) is 4.79 Å². The number of amides is 1. The summed E-state index contributed by atoms with van der Waals surface area (Å²) >= 11 is 0. The summed E-state index contributed by atoms with van der Waals surface area (Å²) in [6.45, 7) is 4.36. The molecule has 134 valence electrons. The van der Waals surface area contributed by atoms with E-state index in [1.165, 1.54) is 0 Å². The van der Waals surface area contributed by atoms with Crippen LogP contribution in [0.4, 0.5) is 0 Å². The average molecular weight is 343 g/mol. The Labute approximate surface area is 148 Å². The molecule has 2 aromatic rings. The third-order valence-corrected chi connectivity index (χ3v) is 4.30. The number of rotatable bonds is 6. The molecule has 0 aliphatic carbocycles. The summed E-state index contributed by atoms with van der Waals surface area (Å²) in [5, 5.41) is 0. The molecule has 1 saturated heterocycles. The molecule has 3 heterocycles. The van der Waals surface area contributed by atoms with Crippen LogP contribution < -0.4 is 4.74 Å². The lowest BCUT2D eigenvalue weighted by atomic mass is 10.3. The van der Waals surface area contributed by atoms with Crippen LogP contribution in [0.5, 0.6) is 5.75 Å². The van der Waals surface area contributed by atoms with E-state index in [1.807, 2.05) is 48.8 Å². The summed E-state index contributed by atoms with van der Waals surface area (Å²) in [6, 6.07) is 3.85. The topological polar surface area (TPSA) is 63.5 Å². The normalized spacial score (nSPS) is 17.3. The molecule has 1 unspecified atom stereocenters. The van der Waals surface area contributed by atoms with Gasteiger partial charge >= 0.3 is 0 Å². The molecule has 0 N–H and O–H groups in total. The van der Waals surface area contributed by atoms with Crippen molar-refractivity contribution >= 4 is 5.91 Å². The number of nitrogens with zero attached hydrogens (tertiary/aromatic N) is 5. The van der Waals surface area contributed by atoms with Crippen LogP contribution in [-0.4, -0.2) is 63.5 Å². The molecular weight excluding hydrogens is 318 g/mol. The van der Waals surface area contributed by atoms with Gasteiger partial charge in [0.2, 0.25) is 5.91 Å². The van der Waals surface area contributed by atoms with Crippen molar-refractivity contribution in [3.05, 3.63) is 42.2 Å². The Morgan fingerprint density at radius 2 is 2.20 bits per heavy atom. The zero-order chi connectivity index (χ0) is 17.8. The van der Waals surface area contributed by atoms with Crippen LogP contribution in [0.3, 0.4) is 0 Å². The van der Waals surface area contributed by atoms with Gasteiger partial charge in [0, 0.05) is 44.2 Å². The minimum atomic E-state index is 0.0300. The number of imidazole rings is 1. The van der Waals surface area contributed by atoms with Crippen molar-refractivity contribution in [2.75, 3.05) is 27.2 Å². The fourth-order valence-corrected chi connectivity index (χ4v) is 3.00. The summed E-state index contributed by atoms with van der Waals surface area (Å²) in [7, 11) is 4.02. The van der Waals surface area contributed by atoms with Crippen LogP contribution in [0.25, 0.3) is 0 Å². The molecule has 0 saturated carbocycles. The van der Waals surface area contributed by atoms with Crippen molar-refractivity contribution < 1.29 is 9.53 Å². The summed E-state index contributed by atoms with van der Waals surface area (Å²) in [5.74, 6) is 1.78. The number of aromatic nitrogens is 3. The van der Waals surface area contributed by atoms with Crippen LogP contribution in [0, 0.1) is 6.92 Å². The summed E-state index contributed by atoms with van der Waals surface area (Å²) in [6.07, 6.45) is 6.20. The van der Waals surface area contributed by atoms with Crippen molar-refractivity contribution in [3.63, 3.8) is 0 Å². The maximum atomic E-state index is 12.4. The minimum Gasteiger partial charge on any atom is -0.488 e. The molecule has 1 aliphatic rings. The van der Waals surface area contributed by atoms with Crippen LogP contribution in [-0.2, 0) is 17.9 Å². The van der Waals surface area contributed by atoms with Crippen LogP contribution in [0.15, 0.2) is 30.7 Å². The number of pyridine rings is 1. The standard InChI is InChI=1S/C18H25N5O2/c1-14-19-7-9-22(14)13-18(24)23-8-5-17(12-23)25-16-4-6-20-15(10-16)11-21(2)3/h4,6-7,9-10,17H,5,8,11-13H2,1-3H3. The van der Waals surface area contributed by atoms with Gasteiger partial charge in [0.25, 0.3) is 0 Å². The first-order valence-corrected chi connectivity index (χ1v) is 8.53. The van der Waals surface area contributed by atoms with E-state index >= 15 is 0 Å². The molecule has 1 aliphatic heterocycles. The zero-order valence-electron chi connectivity index (χ0n) is 15.1. The fraction of sp³-hybridized carbons (Fsp3) is 0.500. The summed E-state index contributed by atoms with van der Waals surface area (Å²) in [5.41, 5.74) is 0.976. The van der Waals surface area contributed by atoms with Gasteiger partial charge in [-0.25, -0.2) is 4.98 Å². The average Bonchev–Trinajstić information content (AvgIpc) is 3.17. The maximum absolute atomic E-state index is 12.4. The smallest absolute Gasteiger partial charge is 0.242 e. The number of carbonyl (C=O) groups is 1. The van der Waals surface area contributed by atoms with Crippen LogP contribution >= 0.6 is 0 Å². The molecule has 1 amide bonds. The monoisotopic (exact) mass is 343 g/mol. The Morgan fingerprint density at radius 1 is 1.36 bits per heavy atom. The van der Waals surface area contributed by atoms with E-state index in [0.717, 1.165) is 36.8 Å². The Bertz CT molecular complexity index is 728. The van der Waals surface area contributed by atoms with Gasteiger partial charge in [-0.15, -0.1) is 0 Å². The second-order valence-corrected chi connectivity index (χ2v) is 6.69. The van der Waals surface area contributed by atoms with E-state index in [-0.39, 0.29) is 12.0 Å². The van der Waals surface area contributed by atoms with Gasteiger partial charge in [0.15, 0.2) is 0 Å². The number of carbonyl (C=O) groups excluding carboxylic acids is 1. The molecule has 0 spiro atoms. The van der Waals surface area contributed by atoms with E-state index in [4.69, 9.17) is 4.74 Å². The third kappa shape index (κ3) is 4.57. The first kappa shape index (κ1) is 17.4. The number of hydrogen-bond acceptors (Lipinski definition) is 5. The number of hydrogen-bond donors (Lipinski definition) is 0. The molecular formula is C18H25N5O2. The molecule has 7 heteroatoms. The highest BCUT2D eigenvalue weighted by Gasteiger charge is 2.27. The molecule has 1 atom stereocenters. The lowest BCUT2D eigenvalue weighted by molar-refractivity contribution is -0.131.